The molecule has 0 radical (unpaired) electrons. The molecule has 1 aromatic carbocycles. The maximum Gasteiger partial charge on any atom is 0.253 e. The number of benzene rings is 1. The van der Waals surface area contributed by atoms with Crippen LogP contribution in [0.2, 0.25) is 5.02 Å². The summed E-state index contributed by atoms with van der Waals surface area (Å²) in [5, 5.41) is 6.17. The average molecular weight is 405 g/mol. The second-order valence-corrected chi connectivity index (χ2v) is 5.48. The van der Waals surface area contributed by atoms with Crippen molar-refractivity contribution >= 4 is 52.5 Å². The Balaban J connectivity index is 0.00000162. The van der Waals surface area contributed by atoms with Crippen molar-refractivity contribution in [1.82, 2.24) is 10.6 Å². The molecule has 7 heteroatoms. The molecule has 18 heavy (non-hydrogen) atoms. The lowest BCUT2D eigenvalue weighted by Gasteiger charge is -2.12. The molecule has 1 aliphatic rings. The molecule has 0 spiro atoms. The van der Waals surface area contributed by atoms with Crippen LogP contribution in [0.3, 0.4) is 0 Å². The van der Waals surface area contributed by atoms with Crippen molar-refractivity contribution < 1.29 is 9.18 Å². The van der Waals surface area contributed by atoms with E-state index in [0.29, 0.717) is 9.13 Å². The van der Waals surface area contributed by atoms with E-state index in [1.165, 1.54) is 12.1 Å². The van der Waals surface area contributed by atoms with Crippen molar-refractivity contribution in [3.05, 3.63) is 32.1 Å². The molecule has 1 amide bonds. The Bertz CT molecular complexity index is 453. The lowest BCUT2D eigenvalue weighted by atomic mass is 10.2. The number of carbonyl (C=O) groups excluding carboxylic acids is 1. The Morgan fingerprint density at radius 3 is 2.89 bits per heavy atom. The van der Waals surface area contributed by atoms with Crippen LogP contribution in [0.1, 0.15) is 16.8 Å². The lowest BCUT2D eigenvalue weighted by molar-refractivity contribution is 0.0940. The van der Waals surface area contributed by atoms with Crippen molar-refractivity contribution in [1.29, 1.82) is 0 Å². The van der Waals surface area contributed by atoms with Crippen LogP contribution in [0.4, 0.5) is 4.39 Å². The van der Waals surface area contributed by atoms with Gasteiger partial charge in [0.25, 0.3) is 5.91 Å². The van der Waals surface area contributed by atoms with Crippen LogP contribution < -0.4 is 10.6 Å². The quantitative estimate of drug-likeness (QED) is 0.587. The van der Waals surface area contributed by atoms with Gasteiger partial charge in [-0.25, -0.2) is 4.39 Å². The molecule has 0 aliphatic carbocycles. The van der Waals surface area contributed by atoms with Crippen LogP contribution >= 0.6 is 46.6 Å². The zero-order chi connectivity index (χ0) is 12.4. The third-order valence-corrected chi connectivity index (χ3v) is 3.79. The SMILES string of the molecule is Cl.O=C(N[C@H]1CCNC1)c1cc(I)c(F)cc1Cl. The highest BCUT2D eigenvalue weighted by Crippen LogP contribution is 2.22. The molecule has 1 heterocycles. The normalized spacial score (nSPS) is 18.3. The standard InChI is InChI=1S/C11H11ClFIN2O.ClH/c12-8-4-9(13)10(14)3-7(8)11(17)16-6-1-2-15-5-6;/h3-4,6,15H,1-2,5H2,(H,16,17);1H/t6-;/m0./s1. The van der Waals surface area contributed by atoms with Crippen LogP contribution in [-0.4, -0.2) is 25.0 Å². The number of halogens is 4. The molecule has 1 aliphatic heterocycles. The highest BCUT2D eigenvalue weighted by atomic mass is 127. The Morgan fingerprint density at radius 1 is 1.56 bits per heavy atom. The van der Waals surface area contributed by atoms with Crippen molar-refractivity contribution in [2.75, 3.05) is 13.1 Å². The van der Waals surface area contributed by atoms with E-state index in [2.05, 4.69) is 10.6 Å². The monoisotopic (exact) mass is 404 g/mol. The molecule has 1 saturated heterocycles. The Morgan fingerprint density at radius 2 is 2.28 bits per heavy atom. The first-order chi connectivity index (χ1) is 8.08. The van der Waals surface area contributed by atoms with E-state index in [9.17, 15) is 9.18 Å². The molecule has 1 aromatic rings. The van der Waals surface area contributed by atoms with Gasteiger partial charge in [0.15, 0.2) is 0 Å². The second kappa shape index (κ2) is 6.88. The Labute approximate surface area is 129 Å². The van der Waals surface area contributed by atoms with E-state index >= 15 is 0 Å². The fourth-order valence-electron chi connectivity index (χ4n) is 1.74. The summed E-state index contributed by atoms with van der Waals surface area (Å²) >= 11 is 7.70. The van der Waals surface area contributed by atoms with Crippen molar-refractivity contribution in [3.63, 3.8) is 0 Å². The Hall–Kier alpha value is -0.110. The summed E-state index contributed by atoms with van der Waals surface area (Å²) in [6, 6.07) is 2.77. The fraction of sp³-hybridized carbons (Fsp3) is 0.364. The van der Waals surface area contributed by atoms with Gasteiger partial charge in [0.2, 0.25) is 0 Å². The molecule has 0 aromatic heterocycles. The number of carbonyl (C=O) groups is 1. The first kappa shape index (κ1) is 15.9. The number of hydrogen-bond acceptors (Lipinski definition) is 2. The highest BCUT2D eigenvalue weighted by molar-refractivity contribution is 14.1. The van der Waals surface area contributed by atoms with Crippen LogP contribution in [0.15, 0.2) is 12.1 Å². The van der Waals surface area contributed by atoms with Gasteiger partial charge in [0, 0.05) is 16.2 Å². The summed E-state index contributed by atoms with van der Waals surface area (Å²) in [5.74, 6) is -0.656. The molecule has 0 saturated carbocycles. The molecule has 100 valence electrons. The van der Waals surface area contributed by atoms with Gasteiger partial charge in [0.1, 0.15) is 5.82 Å². The van der Waals surface area contributed by atoms with Gasteiger partial charge in [-0.05, 0) is 47.7 Å². The zero-order valence-electron chi connectivity index (χ0n) is 9.30. The second-order valence-electron chi connectivity index (χ2n) is 3.91. The summed E-state index contributed by atoms with van der Waals surface area (Å²) < 4.78 is 13.6. The molecule has 0 bridgehead atoms. The van der Waals surface area contributed by atoms with Crippen molar-refractivity contribution in [3.8, 4) is 0 Å². The third kappa shape index (κ3) is 3.69. The van der Waals surface area contributed by atoms with Crippen LogP contribution in [0.5, 0.6) is 0 Å². The van der Waals surface area contributed by atoms with E-state index in [0.717, 1.165) is 19.5 Å². The maximum atomic E-state index is 13.2. The number of hydrogen-bond donors (Lipinski definition) is 2. The summed E-state index contributed by atoms with van der Waals surface area (Å²) in [6.45, 7) is 1.67. The summed E-state index contributed by atoms with van der Waals surface area (Å²) in [5.41, 5.74) is 0.323. The number of rotatable bonds is 2. The van der Waals surface area contributed by atoms with Crippen molar-refractivity contribution in [2.45, 2.75) is 12.5 Å². The molecular weight excluding hydrogens is 393 g/mol. The largest absolute Gasteiger partial charge is 0.348 e. The maximum absolute atomic E-state index is 13.2. The first-order valence-electron chi connectivity index (χ1n) is 5.24. The van der Waals surface area contributed by atoms with Crippen LogP contribution in [0.25, 0.3) is 0 Å². The summed E-state index contributed by atoms with van der Waals surface area (Å²) in [7, 11) is 0. The summed E-state index contributed by atoms with van der Waals surface area (Å²) in [6.07, 6.45) is 0.904. The number of amides is 1. The topological polar surface area (TPSA) is 41.1 Å². The van der Waals surface area contributed by atoms with Crippen LogP contribution in [0, 0.1) is 9.39 Å². The average Bonchev–Trinajstić information content (AvgIpc) is 2.76. The molecule has 2 N–H and O–H groups in total. The minimum Gasteiger partial charge on any atom is -0.348 e. The van der Waals surface area contributed by atoms with Crippen LogP contribution in [-0.2, 0) is 0 Å². The molecule has 2 rings (SSSR count). The van der Waals surface area contributed by atoms with Gasteiger partial charge in [-0.3, -0.25) is 4.79 Å². The lowest BCUT2D eigenvalue weighted by Crippen LogP contribution is -2.36. The van der Waals surface area contributed by atoms with E-state index in [4.69, 9.17) is 11.6 Å². The van der Waals surface area contributed by atoms with E-state index in [-0.39, 0.29) is 29.4 Å². The minimum atomic E-state index is -0.408. The van der Waals surface area contributed by atoms with E-state index in [1.807, 2.05) is 22.6 Å². The summed E-state index contributed by atoms with van der Waals surface area (Å²) in [4.78, 5) is 11.9. The predicted octanol–water partition coefficient (Wildman–Crippen LogP) is 2.60. The zero-order valence-corrected chi connectivity index (χ0v) is 13.0. The molecule has 0 unspecified atom stereocenters. The Kier molecular flexibility index (Phi) is 6.10. The molecule has 1 fully saturated rings. The van der Waals surface area contributed by atoms with Gasteiger partial charge in [-0.15, -0.1) is 12.4 Å². The van der Waals surface area contributed by atoms with Gasteiger partial charge >= 0.3 is 0 Å². The van der Waals surface area contributed by atoms with E-state index < -0.39 is 5.82 Å². The third-order valence-electron chi connectivity index (χ3n) is 2.65. The predicted molar refractivity (Wildman–Crippen MR) is 80.1 cm³/mol. The fourth-order valence-corrected chi connectivity index (χ4v) is 2.44. The van der Waals surface area contributed by atoms with Gasteiger partial charge < -0.3 is 10.6 Å². The van der Waals surface area contributed by atoms with E-state index in [1.54, 1.807) is 0 Å². The highest BCUT2D eigenvalue weighted by Gasteiger charge is 2.20. The van der Waals surface area contributed by atoms with Crippen molar-refractivity contribution in [2.24, 2.45) is 0 Å². The number of nitrogens with one attached hydrogen (secondary N) is 2. The first-order valence-corrected chi connectivity index (χ1v) is 6.69. The van der Waals surface area contributed by atoms with Gasteiger partial charge in [-0.2, -0.15) is 0 Å². The molecular formula is C11H12Cl2FIN2O. The van der Waals surface area contributed by atoms with Gasteiger partial charge in [0.05, 0.1) is 10.6 Å². The van der Waals surface area contributed by atoms with Gasteiger partial charge in [-0.1, -0.05) is 11.6 Å². The smallest absolute Gasteiger partial charge is 0.253 e. The molecule has 3 nitrogen and oxygen atoms in total. The molecule has 1 atom stereocenters. The minimum absolute atomic E-state index is 0.